The number of pyridine rings is 1. The molecule has 0 atom stereocenters. The maximum absolute atomic E-state index is 5.85. The number of fused-ring (bicyclic) bond motifs is 3. The summed E-state index contributed by atoms with van der Waals surface area (Å²) in [4.78, 5) is 4.56. The van der Waals surface area contributed by atoms with Gasteiger partial charge in [0.15, 0.2) is 23.0 Å². The molecule has 0 saturated carbocycles. The van der Waals surface area contributed by atoms with Crippen LogP contribution in [0.1, 0.15) is 0 Å². The zero-order valence-electron chi connectivity index (χ0n) is 9.67. The SMILES string of the molecule is Cn1nc(N)c2cc3cc4c(cc3nc21)OCO4. The molecule has 1 aliphatic rings. The van der Waals surface area contributed by atoms with Crippen molar-refractivity contribution in [3.05, 3.63) is 18.2 Å². The van der Waals surface area contributed by atoms with E-state index in [4.69, 9.17) is 15.2 Å². The topological polar surface area (TPSA) is 75.2 Å². The number of anilines is 1. The zero-order chi connectivity index (χ0) is 12.3. The van der Waals surface area contributed by atoms with Crippen molar-refractivity contribution in [1.29, 1.82) is 0 Å². The van der Waals surface area contributed by atoms with E-state index in [-0.39, 0.29) is 6.79 Å². The van der Waals surface area contributed by atoms with Crippen molar-refractivity contribution in [3.63, 3.8) is 0 Å². The molecule has 6 nitrogen and oxygen atoms in total. The minimum absolute atomic E-state index is 0.259. The molecule has 2 aromatic heterocycles. The van der Waals surface area contributed by atoms with Gasteiger partial charge in [-0.3, -0.25) is 0 Å². The molecule has 18 heavy (non-hydrogen) atoms. The lowest BCUT2D eigenvalue weighted by Crippen LogP contribution is -1.93. The number of hydrogen-bond donors (Lipinski definition) is 1. The molecule has 3 aromatic rings. The van der Waals surface area contributed by atoms with Gasteiger partial charge < -0.3 is 15.2 Å². The van der Waals surface area contributed by atoms with Crippen LogP contribution in [0.2, 0.25) is 0 Å². The average Bonchev–Trinajstić information content (AvgIpc) is 2.90. The van der Waals surface area contributed by atoms with Crippen LogP contribution >= 0.6 is 0 Å². The van der Waals surface area contributed by atoms with Gasteiger partial charge in [-0.15, -0.1) is 0 Å². The standard InChI is InChI=1S/C12H10N4O2/c1-16-12-7(11(13)15-16)2-6-3-9-10(18-5-17-9)4-8(6)14-12/h2-4H,5H2,1H3,(H2,13,15). The molecule has 0 radical (unpaired) electrons. The second kappa shape index (κ2) is 3.04. The van der Waals surface area contributed by atoms with Gasteiger partial charge in [-0.25, -0.2) is 9.67 Å². The first-order valence-corrected chi connectivity index (χ1v) is 5.55. The van der Waals surface area contributed by atoms with Crippen LogP contribution in [-0.2, 0) is 7.05 Å². The highest BCUT2D eigenvalue weighted by molar-refractivity contribution is 5.97. The summed E-state index contributed by atoms with van der Waals surface area (Å²) < 4.78 is 12.4. The molecule has 1 aromatic carbocycles. The first-order valence-electron chi connectivity index (χ1n) is 5.55. The Balaban J connectivity index is 2.13. The Kier molecular flexibility index (Phi) is 1.61. The minimum Gasteiger partial charge on any atom is -0.454 e. The third kappa shape index (κ3) is 1.11. The molecule has 0 saturated heterocycles. The molecule has 0 fully saturated rings. The van der Waals surface area contributed by atoms with Crippen LogP contribution in [-0.4, -0.2) is 21.6 Å². The predicted octanol–water partition coefficient (Wildman–Crippen LogP) is 1.43. The van der Waals surface area contributed by atoms with Gasteiger partial charge in [-0.05, 0) is 12.1 Å². The lowest BCUT2D eigenvalue weighted by atomic mass is 10.1. The van der Waals surface area contributed by atoms with Crippen LogP contribution in [0.5, 0.6) is 11.5 Å². The number of nitrogen functional groups attached to an aromatic ring is 1. The van der Waals surface area contributed by atoms with Gasteiger partial charge in [0.25, 0.3) is 0 Å². The maximum atomic E-state index is 5.85. The number of aryl methyl sites for hydroxylation is 1. The Morgan fingerprint density at radius 2 is 2.00 bits per heavy atom. The summed E-state index contributed by atoms with van der Waals surface area (Å²) in [6.45, 7) is 0.259. The van der Waals surface area contributed by atoms with Crippen molar-refractivity contribution in [2.75, 3.05) is 12.5 Å². The third-order valence-corrected chi connectivity index (χ3v) is 3.13. The van der Waals surface area contributed by atoms with E-state index < -0.39 is 0 Å². The van der Waals surface area contributed by atoms with Crippen molar-refractivity contribution >= 4 is 27.8 Å². The molecule has 1 aliphatic heterocycles. The molecule has 0 spiro atoms. The maximum Gasteiger partial charge on any atom is 0.231 e. The molecule has 3 heterocycles. The molecule has 0 bridgehead atoms. The summed E-state index contributed by atoms with van der Waals surface area (Å²) in [6, 6.07) is 5.76. The molecular formula is C12H10N4O2. The van der Waals surface area contributed by atoms with E-state index in [1.165, 1.54) is 0 Å². The van der Waals surface area contributed by atoms with Gasteiger partial charge in [0.1, 0.15) is 0 Å². The number of rotatable bonds is 0. The van der Waals surface area contributed by atoms with Gasteiger partial charge in [0, 0.05) is 18.5 Å². The average molecular weight is 242 g/mol. The van der Waals surface area contributed by atoms with Gasteiger partial charge in [-0.1, -0.05) is 0 Å². The van der Waals surface area contributed by atoms with E-state index in [9.17, 15) is 0 Å². The summed E-state index contributed by atoms with van der Waals surface area (Å²) in [5, 5.41) is 5.98. The highest BCUT2D eigenvalue weighted by Crippen LogP contribution is 2.36. The number of nitrogens with zero attached hydrogens (tertiary/aromatic N) is 3. The predicted molar refractivity (Wildman–Crippen MR) is 66.6 cm³/mol. The van der Waals surface area contributed by atoms with Gasteiger partial charge in [-0.2, -0.15) is 5.10 Å². The second-order valence-corrected chi connectivity index (χ2v) is 4.27. The summed E-state index contributed by atoms with van der Waals surface area (Å²) in [5.74, 6) is 1.95. The van der Waals surface area contributed by atoms with E-state index in [2.05, 4.69) is 10.1 Å². The number of benzene rings is 1. The molecular weight excluding hydrogens is 232 g/mol. The fourth-order valence-corrected chi connectivity index (χ4v) is 2.25. The molecule has 0 amide bonds. The Bertz CT molecular complexity index is 730. The first-order chi connectivity index (χ1) is 8.72. The number of aromatic nitrogens is 3. The summed E-state index contributed by atoms with van der Waals surface area (Å²) in [7, 11) is 1.82. The largest absolute Gasteiger partial charge is 0.454 e. The Hall–Kier alpha value is -2.50. The first kappa shape index (κ1) is 9.52. The Labute approximate surface area is 102 Å². The molecule has 0 aliphatic carbocycles. The minimum atomic E-state index is 0.259. The van der Waals surface area contributed by atoms with E-state index in [0.29, 0.717) is 5.82 Å². The normalized spacial score (nSPS) is 13.6. The van der Waals surface area contributed by atoms with Crippen molar-refractivity contribution in [1.82, 2.24) is 14.8 Å². The summed E-state index contributed by atoms with van der Waals surface area (Å²) in [5.41, 5.74) is 7.46. The van der Waals surface area contributed by atoms with Gasteiger partial charge >= 0.3 is 0 Å². The Morgan fingerprint density at radius 1 is 1.22 bits per heavy atom. The molecule has 90 valence electrons. The van der Waals surface area contributed by atoms with Crippen LogP contribution in [0, 0.1) is 0 Å². The van der Waals surface area contributed by atoms with Crippen LogP contribution in [0.3, 0.4) is 0 Å². The van der Waals surface area contributed by atoms with Gasteiger partial charge in [0.05, 0.1) is 10.9 Å². The number of hydrogen-bond acceptors (Lipinski definition) is 5. The third-order valence-electron chi connectivity index (χ3n) is 3.13. The van der Waals surface area contributed by atoms with Crippen molar-refractivity contribution in [3.8, 4) is 11.5 Å². The monoisotopic (exact) mass is 242 g/mol. The molecule has 6 heteroatoms. The molecule has 0 unspecified atom stereocenters. The van der Waals surface area contributed by atoms with E-state index in [1.54, 1.807) is 4.68 Å². The molecule has 2 N–H and O–H groups in total. The second-order valence-electron chi connectivity index (χ2n) is 4.27. The van der Waals surface area contributed by atoms with Crippen LogP contribution in [0.15, 0.2) is 18.2 Å². The van der Waals surface area contributed by atoms with Crippen LogP contribution in [0.25, 0.3) is 21.9 Å². The van der Waals surface area contributed by atoms with E-state index in [1.807, 2.05) is 25.2 Å². The fourth-order valence-electron chi connectivity index (χ4n) is 2.25. The zero-order valence-corrected chi connectivity index (χ0v) is 9.67. The van der Waals surface area contributed by atoms with Crippen molar-refractivity contribution in [2.45, 2.75) is 0 Å². The molecule has 4 rings (SSSR count). The number of ether oxygens (including phenoxy) is 2. The lowest BCUT2D eigenvalue weighted by Gasteiger charge is -2.01. The summed E-state index contributed by atoms with van der Waals surface area (Å²) >= 11 is 0. The Morgan fingerprint density at radius 3 is 2.83 bits per heavy atom. The van der Waals surface area contributed by atoms with E-state index in [0.717, 1.165) is 33.4 Å². The highest BCUT2D eigenvalue weighted by Gasteiger charge is 2.16. The lowest BCUT2D eigenvalue weighted by molar-refractivity contribution is 0.174. The highest BCUT2D eigenvalue weighted by atomic mass is 16.7. The fraction of sp³-hybridized carbons (Fsp3) is 0.167. The van der Waals surface area contributed by atoms with Crippen LogP contribution < -0.4 is 15.2 Å². The van der Waals surface area contributed by atoms with Crippen molar-refractivity contribution in [2.24, 2.45) is 7.05 Å². The number of nitrogens with two attached hydrogens (primary N) is 1. The quantitative estimate of drug-likeness (QED) is 0.645. The van der Waals surface area contributed by atoms with Crippen molar-refractivity contribution < 1.29 is 9.47 Å². The van der Waals surface area contributed by atoms with E-state index >= 15 is 0 Å². The summed E-state index contributed by atoms with van der Waals surface area (Å²) in [6.07, 6.45) is 0. The van der Waals surface area contributed by atoms with Crippen LogP contribution in [0.4, 0.5) is 5.82 Å². The smallest absolute Gasteiger partial charge is 0.231 e. The van der Waals surface area contributed by atoms with Gasteiger partial charge in [0.2, 0.25) is 6.79 Å².